The second-order valence-electron chi connectivity index (χ2n) is 4.58. The van der Waals surface area contributed by atoms with E-state index in [-0.39, 0.29) is 18.4 Å². The Bertz CT molecular complexity index is 690. The monoisotopic (exact) mass is 283 g/mol. The number of hydrogen-bond donors (Lipinski definition) is 2. The zero-order valence-electron chi connectivity index (χ0n) is 11.5. The number of nitrogens with zero attached hydrogens (tertiary/aromatic N) is 1. The normalized spacial score (nSPS) is 9.76. The van der Waals surface area contributed by atoms with Gasteiger partial charge in [-0.3, -0.25) is 0 Å². The fourth-order valence-corrected chi connectivity index (χ4v) is 1.73. The molecule has 2 aromatic carbocycles. The molecule has 0 radical (unpaired) electrons. The van der Waals surface area contributed by atoms with Crippen LogP contribution in [0.3, 0.4) is 0 Å². The Labute approximate surface area is 122 Å². The zero-order valence-corrected chi connectivity index (χ0v) is 11.5. The van der Waals surface area contributed by atoms with Crippen LogP contribution in [-0.4, -0.2) is 6.03 Å². The topological polar surface area (TPSA) is 64.9 Å². The zero-order chi connectivity index (χ0) is 15.2. The molecule has 4 nitrogen and oxygen atoms in total. The van der Waals surface area contributed by atoms with E-state index < -0.39 is 0 Å². The molecule has 2 amide bonds. The molecule has 21 heavy (non-hydrogen) atoms. The molecular formula is C16H14FN3O. The van der Waals surface area contributed by atoms with Crippen LogP contribution in [0.15, 0.2) is 42.5 Å². The van der Waals surface area contributed by atoms with Gasteiger partial charge in [-0.1, -0.05) is 12.1 Å². The van der Waals surface area contributed by atoms with Gasteiger partial charge in [0.05, 0.1) is 11.6 Å². The SMILES string of the molecule is Cc1ccc(CNC(=O)Nc2ccc(C#N)cc2)cc1F. The summed E-state index contributed by atoms with van der Waals surface area (Å²) in [5.41, 5.74) is 2.37. The van der Waals surface area contributed by atoms with Gasteiger partial charge in [0, 0.05) is 12.2 Å². The third-order valence-corrected chi connectivity index (χ3v) is 2.96. The minimum atomic E-state index is -0.388. The van der Waals surface area contributed by atoms with E-state index in [1.165, 1.54) is 6.07 Å². The van der Waals surface area contributed by atoms with Gasteiger partial charge in [-0.25, -0.2) is 9.18 Å². The number of carbonyl (C=O) groups is 1. The van der Waals surface area contributed by atoms with Crippen molar-refractivity contribution in [2.45, 2.75) is 13.5 Å². The third-order valence-electron chi connectivity index (χ3n) is 2.96. The minimum Gasteiger partial charge on any atom is -0.334 e. The number of urea groups is 1. The molecule has 0 unspecified atom stereocenters. The standard InChI is InChI=1S/C16H14FN3O/c1-11-2-3-13(8-15(11)17)10-19-16(21)20-14-6-4-12(9-18)5-7-14/h2-8H,10H2,1H3,(H2,19,20,21). The maximum atomic E-state index is 13.4. The van der Waals surface area contributed by atoms with Gasteiger partial charge in [0.1, 0.15) is 5.82 Å². The van der Waals surface area contributed by atoms with Gasteiger partial charge < -0.3 is 10.6 Å². The molecule has 2 rings (SSSR count). The second-order valence-corrected chi connectivity index (χ2v) is 4.58. The molecule has 2 aromatic rings. The number of aryl methyl sites for hydroxylation is 1. The Morgan fingerprint density at radius 3 is 2.57 bits per heavy atom. The van der Waals surface area contributed by atoms with Gasteiger partial charge in [-0.15, -0.1) is 0 Å². The Balaban J connectivity index is 1.89. The predicted molar refractivity (Wildman–Crippen MR) is 78.2 cm³/mol. The summed E-state index contributed by atoms with van der Waals surface area (Å²) in [6.45, 7) is 1.92. The van der Waals surface area contributed by atoms with E-state index in [0.717, 1.165) is 0 Å². The molecule has 0 saturated heterocycles. The molecule has 2 N–H and O–H groups in total. The van der Waals surface area contributed by atoms with Crippen molar-refractivity contribution in [1.29, 1.82) is 5.26 Å². The number of carbonyl (C=O) groups excluding carboxylic acids is 1. The van der Waals surface area contributed by atoms with Crippen molar-refractivity contribution in [2.24, 2.45) is 0 Å². The van der Waals surface area contributed by atoms with E-state index in [0.29, 0.717) is 22.4 Å². The van der Waals surface area contributed by atoms with Crippen LogP contribution in [0.4, 0.5) is 14.9 Å². The first-order valence-corrected chi connectivity index (χ1v) is 6.38. The van der Waals surface area contributed by atoms with E-state index in [1.807, 2.05) is 6.07 Å². The number of benzene rings is 2. The van der Waals surface area contributed by atoms with Crippen LogP contribution < -0.4 is 10.6 Å². The molecule has 0 aromatic heterocycles. The largest absolute Gasteiger partial charge is 0.334 e. The molecule has 0 aliphatic heterocycles. The highest BCUT2D eigenvalue weighted by Gasteiger charge is 2.03. The first-order valence-electron chi connectivity index (χ1n) is 6.38. The molecule has 106 valence electrons. The molecular weight excluding hydrogens is 269 g/mol. The molecule has 0 fully saturated rings. The van der Waals surface area contributed by atoms with Crippen LogP contribution in [0.25, 0.3) is 0 Å². The number of amides is 2. The first kappa shape index (κ1) is 14.5. The lowest BCUT2D eigenvalue weighted by Gasteiger charge is -2.08. The summed E-state index contributed by atoms with van der Waals surface area (Å²) in [6, 6.07) is 13.0. The average molecular weight is 283 g/mol. The molecule has 0 bridgehead atoms. The Kier molecular flexibility index (Phi) is 4.52. The van der Waals surface area contributed by atoms with Crippen LogP contribution in [-0.2, 0) is 6.54 Å². The quantitative estimate of drug-likeness (QED) is 0.907. The number of rotatable bonds is 3. The van der Waals surface area contributed by atoms with Crippen molar-refractivity contribution in [3.05, 3.63) is 65.0 Å². The van der Waals surface area contributed by atoms with Crippen LogP contribution >= 0.6 is 0 Å². The molecule has 0 aliphatic rings. The van der Waals surface area contributed by atoms with E-state index in [1.54, 1.807) is 43.3 Å². The van der Waals surface area contributed by atoms with E-state index in [2.05, 4.69) is 10.6 Å². The highest BCUT2D eigenvalue weighted by molar-refractivity contribution is 5.89. The van der Waals surface area contributed by atoms with Gasteiger partial charge in [-0.05, 0) is 48.4 Å². The fourth-order valence-electron chi connectivity index (χ4n) is 1.73. The molecule has 5 heteroatoms. The van der Waals surface area contributed by atoms with E-state index >= 15 is 0 Å². The first-order chi connectivity index (χ1) is 10.1. The molecule has 0 atom stereocenters. The Hall–Kier alpha value is -2.87. The molecule has 0 spiro atoms. The number of nitriles is 1. The average Bonchev–Trinajstić information content (AvgIpc) is 2.49. The fraction of sp³-hybridized carbons (Fsp3) is 0.125. The summed E-state index contributed by atoms with van der Waals surface area (Å²) in [6.07, 6.45) is 0. The maximum absolute atomic E-state index is 13.4. The van der Waals surface area contributed by atoms with E-state index in [4.69, 9.17) is 5.26 Å². The number of hydrogen-bond acceptors (Lipinski definition) is 2. The van der Waals surface area contributed by atoms with Crippen molar-refractivity contribution < 1.29 is 9.18 Å². The summed E-state index contributed by atoms with van der Waals surface area (Å²) in [5.74, 6) is -0.290. The highest BCUT2D eigenvalue weighted by atomic mass is 19.1. The second kappa shape index (κ2) is 6.53. The van der Waals surface area contributed by atoms with Gasteiger partial charge in [0.15, 0.2) is 0 Å². The molecule has 0 heterocycles. The summed E-state index contributed by atoms with van der Waals surface area (Å²) < 4.78 is 13.4. The molecule has 0 aliphatic carbocycles. The lowest BCUT2D eigenvalue weighted by molar-refractivity contribution is 0.251. The van der Waals surface area contributed by atoms with Crippen LogP contribution in [0.1, 0.15) is 16.7 Å². The van der Waals surface area contributed by atoms with Gasteiger partial charge in [0.2, 0.25) is 0 Å². The van der Waals surface area contributed by atoms with Crippen molar-refractivity contribution in [3.8, 4) is 6.07 Å². The summed E-state index contributed by atoms with van der Waals surface area (Å²) in [4.78, 5) is 11.7. The van der Waals surface area contributed by atoms with E-state index in [9.17, 15) is 9.18 Å². The maximum Gasteiger partial charge on any atom is 0.319 e. The highest BCUT2D eigenvalue weighted by Crippen LogP contribution is 2.10. The van der Waals surface area contributed by atoms with Crippen molar-refractivity contribution in [1.82, 2.24) is 5.32 Å². The minimum absolute atomic E-state index is 0.235. The number of halogens is 1. The lowest BCUT2D eigenvalue weighted by atomic mass is 10.1. The number of anilines is 1. The summed E-state index contributed by atoms with van der Waals surface area (Å²) >= 11 is 0. The molecule has 0 saturated carbocycles. The van der Waals surface area contributed by atoms with Crippen molar-refractivity contribution in [3.63, 3.8) is 0 Å². The Morgan fingerprint density at radius 1 is 1.24 bits per heavy atom. The lowest BCUT2D eigenvalue weighted by Crippen LogP contribution is -2.28. The smallest absolute Gasteiger partial charge is 0.319 e. The summed E-state index contributed by atoms with van der Waals surface area (Å²) in [5, 5.41) is 14.0. The van der Waals surface area contributed by atoms with Crippen molar-refractivity contribution >= 4 is 11.7 Å². The van der Waals surface area contributed by atoms with Gasteiger partial charge in [-0.2, -0.15) is 5.26 Å². The predicted octanol–water partition coefficient (Wildman–Crippen LogP) is 3.33. The van der Waals surface area contributed by atoms with Crippen LogP contribution in [0.5, 0.6) is 0 Å². The van der Waals surface area contributed by atoms with Crippen LogP contribution in [0.2, 0.25) is 0 Å². The van der Waals surface area contributed by atoms with Gasteiger partial charge >= 0.3 is 6.03 Å². The van der Waals surface area contributed by atoms with Gasteiger partial charge in [0.25, 0.3) is 0 Å². The Morgan fingerprint density at radius 2 is 1.95 bits per heavy atom. The number of nitrogens with one attached hydrogen (secondary N) is 2. The van der Waals surface area contributed by atoms with Crippen molar-refractivity contribution in [2.75, 3.05) is 5.32 Å². The third kappa shape index (κ3) is 4.05. The van der Waals surface area contributed by atoms with Crippen LogP contribution in [0, 0.1) is 24.1 Å². The summed E-state index contributed by atoms with van der Waals surface area (Å²) in [7, 11) is 0.